The van der Waals surface area contributed by atoms with E-state index in [-0.39, 0.29) is 5.97 Å². The summed E-state index contributed by atoms with van der Waals surface area (Å²) in [7, 11) is 0. The molecule has 4 aromatic rings. The summed E-state index contributed by atoms with van der Waals surface area (Å²) in [5.41, 5.74) is 3.68. The predicted octanol–water partition coefficient (Wildman–Crippen LogP) is 6.19. The minimum Gasteiger partial charge on any atom is -0.488 e. The summed E-state index contributed by atoms with van der Waals surface area (Å²) >= 11 is 0. The molecule has 0 N–H and O–H groups in total. The van der Waals surface area contributed by atoms with E-state index in [1.807, 2.05) is 61.5 Å². The lowest BCUT2D eigenvalue weighted by Crippen LogP contribution is -2.09. The number of rotatable bonds is 7. The standard InChI is InChI=1S/C27H24O3/c1-2-29-27(28)25-15-9-7-13-22(25)18-23-17-16-21-12-6-8-14-24(21)26(23)30-19-20-10-4-3-5-11-20/h3-17H,2,18-19H2,1H3. The van der Waals surface area contributed by atoms with Gasteiger partial charge in [-0.15, -0.1) is 0 Å². The zero-order valence-corrected chi connectivity index (χ0v) is 17.0. The van der Waals surface area contributed by atoms with Crippen molar-refractivity contribution < 1.29 is 14.3 Å². The highest BCUT2D eigenvalue weighted by atomic mass is 16.5. The molecular weight excluding hydrogens is 372 g/mol. The molecule has 0 unspecified atom stereocenters. The van der Waals surface area contributed by atoms with Crippen LogP contribution in [-0.2, 0) is 17.8 Å². The van der Waals surface area contributed by atoms with Crippen LogP contribution < -0.4 is 4.74 Å². The molecule has 0 aliphatic heterocycles. The van der Waals surface area contributed by atoms with Gasteiger partial charge in [0.1, 0.15) is 12.4 Å². The number of carbonyl (C=O) groups excluding carboxylic acids is 1. The van der Waals surface area contributed by atoms with Crippen molar-refractivity contribution in [3.63, 3.8) is 0 Å². The summed E-state index contributed by atoms with van der Waals surface area (Å²) in [5.74, 6) is 0.566. The Bertz CT molecular complexity index is 1150. The molecule has 0 amide bonds. The quantitative estimate of drug-likeness (QED) is 0.350. The van der Waals surface area contributed by atoms with Gasteiger partial charge in [0.05, 0.1) is 12.2 Å². The van der Waals surface area contributed by atoms with E-state index in [4.69, 9.17) is 9.47 Å². The van der Waals surface area contributed by atoms with Crippen LogP contribution in [-0.4, -0.2) is 12.6 Å². The average Bonchev–Trinajstić information content (AvgIpc) is 2.79. The molecule has 0 atom stereocenters. The van der Waals surface area contributed by atoms with Gasteiger partial charge in [0.25, 0.3) is 0 Å². The zero-order chi connectivity index (χ0) is 20.8. The summed E-state index contributed by atoms with van der Waals surface area (Å²) in [6, 6.07) is 30.1. The first-order valence-corrected chi connectivity index (χ1v) is 10.2. The van der Waals surface area contributed by atoms with Crippen molar-refractivity contribution >= 4 is 16.7 Å². The van der Waals surface area contributed by atoms with Crippen LogP contribution in [0.1, 0.15) is 34.0 Å². The molecule has 3 heteroatoms. The van der Waals surface area contributed by atoms with Gasteiger partial charge < -0.3 is 9.47 Å². The van der Waals surface area contributed by atoms with E-state index < -0.39 is 0 Å². The van der Waals surface area contributed by atoms with Crippen LogP contribution in [0.2, 0.25) is 0 Å². The van der Waals surface area contributed by atoms with E-state index in [9.17, 15) is 4.79 Å². The monoisotopic (exact) mass is 396 g/mol. The van der Waals surface area contributed by atoms with Gasteiger partial charge in [-0.1, -0.05) is 84.9 Å². The fourth-order valence-electron chi connectivity index (χ4n) is 3.62. The summed E-state index contributed by atoms with van der Waals surface area (Å²) in [4.78, 5) is 12.4. The highest BCUT2D eigenvalue weighted by Gasteiger charge is 2.16. The molecule has 3 nitrogen and oxygen atoms in total. The van der Waals surface area contributed by atoms with Crippen molar-refractivity contribution in [2.24, 2.45) is 0 Å². The van der Waals surface area contributed by atoms with Crippen LogP contribution in [0.15, 0.2) is 91.0 Å². The Morgan fingerprint density at radius 3 is 2.33 bits per heavy atom. The Balaban J connectivity index is 1.72. The van der Waals surface area contributed by atoms with E-state index in [0.717, 1.165) is 33.2 Å². The lowest BCUT2D eigenvalue weighted by molar-refractivity contribution is 0.0525. The molecule has 0 aromatic heterocycles. The van der Waals surface area contributed by atoms with E-state index >= 15 is 0 Å². The summed E-state index contributed by atoms with van der Waals surface area (Å²) < 4.78 is 11.6. The first kappa shape index (κ1) is 19.7. The molecule has 0 radical (unpaired) electrons. The number of hydrogen-bond donors (Lipinski definition) is 0. The SMILES string of the molecule is CCOC(=O)c1ccccc1Cc1ccc2ccccc2c1OCc1ccccc1. The predicted molar refractivity (Wildman–Crippen MR) is 120 cm³/mol. The molecule has 150 valence electrons. The van der Waals surface area contributed by atoms with Gasteiger partial charge in [0, 0.05) is 11.8 Å². The second kappa shape index (κ2) is 9.27. The smallest absolute Gasteiger partial charge is 0.338 e. The second-order valence-electron chi connectivity index (χ2n) is 7.10. The topological polar surface area (TPSA) is 35.5 Å². The normalized spacial score (nSPS) is 10.7. The molecule has 0 heterocycles. The molecule has 0 bridgehead atoms. The fourth-order valence-corrected chi connectivity index (χ4v) is 3.62. The van der Waals surface area contributed by atoms with Crippen LogP contribution in [0, 0.1) is 0 Å². The minimum absolute atomic E-state index is 0.291. The first-order chi connectivity index (χ1) is 14.8. The number of fused-ring (bicyclic) bond motifs is 1. The van der Waals surface area contributed by atoms with Crippen molar-refractivity contribution in [3.8, 4) is 5.75 Å². The van der Waals surface area contributed by atoms with Gasteiger partial charge >= 0.3 is 5.97 Å². The van der Waals surface area contributed by atoms with Crippen LogP contribution in [0.4, 0.5) is 0 Å². The molecule has 0 spiro atoms. The Morgan fingerprint density at radius 1 is 0.767 bits per heavy atom. The number of benzene rings is 4. The van der Waals surface area contributed by atoms with Gasteiger partial charge in [-0.2, -0.15) is 0 Å². The summed E-state index contributed by atoms with van der Waals surface area (Å²) in [5, 5.41) is 2.20. The van der Waals surface area contributed by atoms with Crippen molar-refractivity contribution in [1.29, 1.82) is 0 Å². The number of hydrogen-bond acceptors (Lipinski definition) is 3. The Kier molecular flexibility index (Phi) is 6.09. The molecule has 0 aliphatic carbocycles. The number of esters is 1. The second-order valence-corrected chi connectivity index (χ2v) is 7.10. The Hall–Kier alpha value is -3.59. The molecule has 0 fully saturated rings. The third-order valence-corrected chi connectivity index (χ3v) is 5.08. The van der Waals surface area contributed by atoms with Gasteiger partial charge in [0.2, 0.25) is 0 Å². The zero-order valence-electron chi connectivity index (χ0n) is 17.0. The van der Waals surface area contributed by atoms with Crippen LogP contribution in [0.3, 0.4) is 0 Å². The van der Waals surface area contributed by atoms with E-state index in [2.05, 4.69) is 36.4 Å². The highest BCUT2D eigenvalue weighted by Crippen LogP contribution is 2.33. The Labute approximate surface area is 176 Å². The lowest BCUT2D eigenvalue weighted by Gasteiger charge is -2.16. The molecule has 30 heavy (non-hydrogen) atoms. The summed E-state index contributed by atoms with van der Waals surface area (Å²) in [6.45, 7) is 2.66. The molecule has 0 saturated carbocycles. The average molecular weight is 396 g/mol. The maximum atomic E-state index is 12.4. The van der Waals surface area contributed by atoms with Crippen molar-refractivity contribution in [2.75, 3.05) is 6.61 Å². The van der Waals surface area contributed by atoms with Gasteiger partial charge in [-0.25, -0.2) is 4.79 Å². The third kappa shape index (κ3) is 4.36. The maximum absolute atomic E-state index is 12.4. The van der Waals surface area contributed by atoms with Gasteiger partial charge in [-0.3, -0.25) is 0 Å². The third-order valence-electron chi connectivity index (χ3n) is 5.08. The highest BCUT2D eigenvalue weighted by molar-refractivity contribution is 5.92. The van der Waals surface area contributed by atoms with Crippen LogP contribution >= 0.6 is 0 Å². The fraction of sp³-hybridized carbons (Fsp3) is 0.148. The molecule has 0 saturated heterocycles. The van der Waals surface area contributed by atoms with Crippen LogP contribution in [0.5, 0.6) is 5.75 Å². The van der Waals surface area contributed by atoms with Gasteiger partial charge in [-0.05, 0) is 35.1 Å². The minimum atomic E-state index is -0.291. The lowest BCUT2D eigenvalue weighted by atomic mass is 9.96. The first-order valence-electron chi connectivity index (χ1n) is 10.2. The largest absolute Gasteiger partial charge is 0.488 e. The van der Waals surface area contributed by atoms with E-state index in [0.29, 0.717) is 25.2 Å². The Morgan fingerprint density at radius 2 is 1.50 bits per heavy atom. The summed E-state index contributed by atoms with van der Waals surface area (Å²) in [6.07, 6.45) is 0.587. The molecule has 0 aliphatic rings. The van der Waals surface area contributed by atoms with Crippen molar-refractivity contribution in [2.45, 2.75) is 20.0 Å². The van der Waals surface area contributed by atoms with Crippen LogP contribution in [0.25, 0.3) is 10.8 Å². The molecular formula is C27H24O3. The van der Waals surface area contributed by atoms with Gasteiger partial charge in [0.15, 0.2) is 0 Å². The number of carbonyl (C=O) groups is 1. The molecule has 4 rings (SSSR count). The number of ether oxygens (including phenoxy) is 2. The molecule has 4 aromatic carbocycles. The maximum Gasteiger partial charge on any atom is 0.338 e. The van der Waals surface area contributed by atoms with E-state index in [1.165, 1.54) is 0 Å². The van der Waals surface area contributed by atoms with E-state index in [1.54, 1.807) is 0 Å². The van der Waals surface area contributed by atoms with Crippen molar-refractivity contribution in [1.82, 2.24) is 0 Å². The van der Waals surface area contributed by atoms with Crippen molar-refractivity contribution in [3.05, 3.63) is 113 Å².